The van der Waals surface area contributed by atoms with Crippen LogP contribution in [0.4, 0.5) is 13.2 Å². The van der Waals surface area contributed by atoms with E-state index in [2.05, 4.69) is 20.4 Å². The topological polar surface area (TPSA) is 104 Å². The molecule has 3 fully saturated rings. The van der Waals surface area contributed by atoms with Crippen LogP contribution in [0.25, 0.3) is 21.8 Å². The third-order valence-electron chi connectivity index (χ3n) is 8.36. The maximum Gasteiger partial charge on any atom is 0.422 e. The van der Waals surface area contributed by atoms with E-state index >= 15 is 0 Å². The molecule has 2 aromatic carbocycles. The minimum atomic E-state index is -4.52. The van der Waals surface area contributed by atoms with Gasteiger partial charge >= 0.3 is 6.18 Å². The summed E-state index contributed by atoms with van der Waals surface area (Å²) >= 11 is 0. The second kappa shape index (κ2) is 8.65. The van der Waals surface area contributed by atoms with Gasteiger partial charge in [-0.3, -0.25) is 9.59 Å². The van der Waals surface area contributed by atoms with Gasteiger partial charge in [0, 0.05) is 37.1 Å². The minimum absolute atomic E-state index is 0.0351. The van der Waals surface area contributed by atoms with Crippen molar-refractivity contribution in [1.82, 2.24) is 30.2 Å². The van der Waals surface area contributed by atoms with Crippen LogP contribution >= 0.6 is 0 Å². The number of carbonyl (C=O) groups excluding carboxylic acids is 2. The molecule has 2 aromatic heterocycles. The van der Waals surface area contributed by atoms with Gasteiger partial charge in [-0.05, 0) is 59.4 Å². The van der Waals surface area contributed by atoms with Gasteiger partial charge in [0.05, 0.1) is 0 Å². The van der Waals surface area contributed by atoms with Crippen molar-refractivity contribution in [3.05, 3.63) is 59.8 Å². The van der Waals surface area contributed by atoms with Crippen LogP contribution in [-0.4, -0.2) is 81.0 Å². The maximum atomic E-state index is 13.4. The number of hydrogen-bond acceptors (Lipinski definition) is 6. The Kier molecular flexibility index (Phi) is 5.29. The molecular weight excluding hydrogens is 513 g/mol. The Bertz CT molecular complexity index is 1600. The van der Waals surface area contributed by atoms with Crippen molar-refractivity contribution in [3.8, 4) is 5.88 Å². The highest BCUT2D eigenvalue weighted by Gasteiger charge is 2.59. The molecule has 2 unspecified atom stereocenters. The highest BCUT2D eigenvalue weighted by Crippen LogP contribution is 2.54. The molecule has 12 heteroatoms. The molecule has 2 saturated heterocycles. The fourth-order valence-corrected chi connectivity index (χ4v) is 6.56. The molecule has 7 rings (SSSR count). The molecule has 4 heterocycles. The number of nitrogens with one attached hydrogen (secondary N) is 1. The van der Waals surface area contributed by atoms with Gasteiger partial charge in [0.15, 0.2) is 6.61 Å². The third kappa shape index (κ3) is 4.05. The van der Waals surface area contributed by atoms with Gasteiger partial charge in [-0.1, -0.05) is 18.2 Å². The second-order valence-corrected chi connectivity index (χ2v) is 10.5. The van der Waals surface area contributed by atoms with E-state index < -0.39 is 12.8 Å². The standard InChI is InChI=1S/C27H23F3N6O3/c28-27(29,30)13-39-24-16-4-2-1-3-14(16)7-23(31-24)26(38)36-11-19-17-9-35(10-18(17)20(19)12-36)25(37)15-5-6-21-22(8-15)33-34-32-21/h1-8,17-20H,9-13H2,(H,32,33,34)/t17-,18+,19?,20?. The van der Waals surface area contributed by atoms with Crippen LogP contribution in [0.1, 0.15) is 20.8 Å². The fourth-order valence-electron chi connectivity index (χ4n) is 6.56. The molecule has 4 aromatic rings. The molecule has 0 bridgehead atoms. The predicted octanol–water partition coefficient (Wildman–Crippen LogP) is 3.54. The number of likely N-dealkylation sites (tertiary alicyclic amines) is 2. The Morgan fingerprint density at radius 2 is 1.51 bits per heavy atom. The highest BCUT2D eigenvalue weighted by atomic mass is 19.4. The molecule has 1 aliphatic carbocycles. The average molecular weight is 537 g/mol. The number of hydrogen-bond donors (Lipinski definition) is 1. The SMILES string of the molecule is O=C(c1ccc2n[nH]nc2c1)N1C[C@@H]2C3CN(C(=O)c4cc5ccccc5c(OCC(F)(F)F)n4)CC3[C@@H]2C1. The number of nitrogens with zero attached hydrogens (tertiary/aromatic N) is 5. The van der Waals surface area contributed by atoms with Gasteiger partial charge in [-0.15, -0.1) is 0 Å². The zero-order valence-electron chi connectivity index (χ0n) is 20.6. The number of amides is 2. The normalized spacial score (nSPS) is 24.1. The van der Waals surface area contributed by atoms with Crippen molar-refractivity contribution < 1.29 is 27.5 Å². The first-order valence-electron chi connectivity index (χ1n) is 12.7. The van der Waals surface area contributed by atoms with E-state index in [1.54, 1.807) is 53.4 Å². The summed E-state index contributed by atoms with van der Waals surface area (Å²) in [5.41, 5.74) is 1.98. The number of alkyl halides is 3. The third-order valence-corrected chi connectivity index (χ3v) is 8.36. The number of aromatic nitrogens is 4. The summed E-state index contributed by atoms with van der Waals surface area (Å²) in [6.07, 6.45) is -4.52. The lowest BCUT2D eigenvalue weighted by Gasteiger charge is -2.42. The Hall–Kier alpha value is -4.22. The van der Waals surface area contributed by atoms with E-state index in [1.165, 1.54) is 0 Å². The quantitative estimate of drug-likeness (QED) is 0.428. The van der Waals surface area contributed by atoms with Crippen LogP contribution in [0.5, 0.6) is 5.88 Å². The smallest absolute Gasteiger partial charge is 0.422 e. The van der Waals surface area contributed by atoms with Gasteiger partial charge in [0.2, 0.25) is 5.88 Å². The first-order chi connectivity index (χ1) is 18.7. The number of pyridine rings is 1. The predicted molar refractivity (Wildman–Crippen MR) is 133 cm³/mol. The van der Waals surface area contributed by atoms with Crippen molar-refractivity contribution in [2.24, 2.45) is 23.7 Å². The Morgan fingerprint density at radius 3 is 2.21 bits per heavy atom. The van der Waals surface area contributed by atoms with E-state index in [1.807, 2.05) is 4.90 Å². The van der Waals surface area contributed by atoms with Crippen LogP contribution in [-0.2, 0) is 0 Å². The van der Waals surface area contributed by atoms with Crippen LogP contribution in [0.2, 0.25) is 0 Å². The Labute approximate surface area is 219 Å². The van der Waals surface area contributed by atoms with Gasteiger partial charge in [-0.2, -0.15) is 28.6 Å². The zero-order chi connectivity index (χ0) is 26.9. The van der Waals surface area contributed by atoms with E-state index in [0.29, 0.717) is 65.4 Å². The molecule has 3 aliphatic rings. The molecule has 39 heavy (non-hydrogen) atoms. The van der Waals surface area contributed by atoms with E-state index in [0.717, 1.165) is 0 Å². The molecule has 2 amide bonds. The van der Waals surface area contributed by atoms with Crippen LogP contribution in [0.15, 0.2) is 48.5 Å². The number of fused-ring (bicyclic) bond motifs is 6. The van der Waals surface area contributed by atoms with Gasteiger partial charge < -0.3 is 14.5 Å². The number of benzene rings is 2. The number of carbonyl (C=O) groups is 2. The molecule has 9 nitrogen and oxygen atoms in total. The number of rotatable bonds is 4. The van der Waals surface area contributed by atoms with Crippen LogP contribution in [0, 0.1) is 23.7 Å². The summed E-state index contributed by atoms with van der Waals surface area (Å²) in [7, 11) is 0. The molecular formula is C27H23F3N6O3. The van der Waals surface area contributed by atoms with Gasteiger partial charge in [0.25, 0.3) is 11.8 Å². The fraction of sp³-hybridized carbons (Fsp3) is 0.370. The molecule has 0 spiro atoms. The molecule has 4 atom stereocenters. The van der Waals surface area contributed by atoms with Crippen molar-refractivity contribution >= 4 is 33.6 Å². The van der Waals surface area contributed by atoms with Crippen molar-refractivity contribution in [3.63, 3.8) is 0 Å². The Balaban J connectivity index is 1.05. The molecule has 0 radical (unpaired) electrons. The molecule has 200 valence electrons. The highest BCUT2D eigenvalue weighted by molar-refractivity contribution is 5.99. The lowest BCUT2D eigenvalue weighted by atomic mass is 9.60. The molecule has 1 saturated carbocycles. The van der Waals surface area contributed by atoms with Crippen molar-refractivity contribution in [1.29, 1.82) is 0 Å². The van der Waals surface area contributed by atoms with Crippen LogP contribution in [0.3, 0.4) is 0 Å². The lowest BCUT2D eigenvalue weighted by Crippen LogP contribution is -2.44. The summed E-state index contributed by atoms with van der Waals surface area (Å²) in [5.74, 6) is 0.606. The minimum Gasteiger partial charge on any atom is -0.468 e. The van der Waals surface area contributed by atoms with Crippen molar-refractivity contribution in [2.75, 3.05) is 32.8 Å². The Morgan fingerprint density at radius 1 is 0.872 bits per heavy atom. The summed E-state index contributed by atoms with van der Waals surface area (Å²) in [5, 5.41) is 11.6. The molecule has 2 aliphatic heterocycles. The number of ether oxygens (including phenoxy) is 1. The summed E-state index contributed by atoms with van der Waals surface area (Å²) in [4.78, 5) is 34.4. The monoisotopic (exact) mass is 536 g/mol. The molecule has 1 N–H and O–H groups in total. The van der Waals surface area contributed by atoms with E-state index in [9.17, 15) is 22.8 Å². The number of halogens is 3. The first kappa shape index (κ1) is 23.9. The summed E-state index contributed by atoms with van der Waals surface area (Å²) in [6, 6.07) is 13.7. The second-order valence-electron chi connectivity index (χ2n) is 10.5. The van der Waals surface area contributed by atoms with Gasteiger partial charge in [-0.25, -0.2) is 4.98 Å². The maximum absolute atomic E-state index is 13.4. The summed E-state index contributed by atoms with van der Waals surface area (Å²) in [6.45, 7) is 0.844. The average Bonchev–Trinajstić information content (AvgIpc) is 3.64. The number of aromatic amines is 1. The summed E-state index contributed by atoms with van der Waals surface area (Å²) < 4.78 is 43.4. The van der Waals surface area contributed by atoms with Gasteiger partial charge in [0.1, 0.15) is 16.7 Å². The first-order valence-corrected chi connectivity index (χ1v) is 12.7. The zero-order valence-corrected chi connectivity index (χ0v) is 20.6. The van der Waals surface area contributed by atoms with E-state index in [4.69, 9.17) is 4.74 Å². The lowest BCUT2D eigenvalue weighted by molar-refractivity contribution is -0.153. The number of H-pyrrole nitrogens is 1. The largest absolute Gasteiger partial charge is 0.468 e. The van der Waals surface area contributed by atoms with Crippen molar-refractivity contribution in [2.45, 2.75) is 6.18 Å². The van der Waals surface area contributed by atoms with Crippen LogP contribution < -0.4 is 4.74 Å². The van der Waals surface area contributed by atoms with E-state index in [-0.39, 0.29) is 35.2 Å².